The fourth-order valence-corrected chi connectivity index (χ4v) is 2.09. The molecule has 2 N–H and O–H groups in total. The Bertz CT molecular complexity index is 316. The van der Waals surface area contributed by atoms with E-state index in [1.54, 1.807) is 0 Å². The maximum absolute atomic E-state index is 5.85. The Morgan fingerprint density at radius 2 is 1.65 bits per heavy atom. The van der Waals surface area contributed by atoms with E-state index in [1.165, 1.54) is 17.5 Å². The largest absolute Gasteiger partial charge is 0.330 e. The van der Waals surface area contributed by atoms with Gasteiger partial charge in [-0.2, -0.15) is 0 Å². The second-order valence-electron chi connectivity index (χ2n) is 5.17. The van der Waals surface area contributed by atoms with Gasteiger partial charge in [-0.3, -0.25) is 0 Å². The van der Waals surface area contributed by atoms with Crippen LogP contribution in [0.5, 0.6) is 0 Å². The molecule has 2 atom stereocenters. The highest BCUT2D eigenvalue weighted by Gasteiger charge is 2.11. The highest BCUT2D eigenvalue weighted by molar-refractivity contribution is 5.27. The number of nitrogens with zero attached hydrogens (tertiary/aromatic N) is 1. The summed E-state index contributed by atoms with van der Waals surface area (Å²) >= 11 is 0. The highest BCUT2D eigenvalue weighted by Crippen LogP contribution is 2.22. The van der Waals surface area contributed by atoms with Gasteiger partial charge in [0.05, 0.1) is 0 Å². The van der Waals surface area contributed by atoms with Gasteiger partial charge in [-0.05, 0) is 37.6 Å². The zero-order valence-corrected chi connectivity index (χ0v) is 11.6. The fourth-order valence-electron chi connectivity index (χ4n) is 2.09. The molecule has 0 aliphatic carbocycles. The van der Waals surface area contributed by atoms with E-state index in [1.807, 2.05) is 0 Å². The van der Waals surface area contributed by atoms with Crippen LogP contribution in [0.4, 0.5) is 0 Å². The van der Waals surface area contributed by atoms with Gasteiger partial charge in [-0.25, -0.2) is 0 Å². The van der Waals surface area contributed by atoms with Gasteiger partial charge in [0.15, 0.2) is 0 Å². The molecule has 1 rings (SSSR count). The van der Waals surface area contributed by atoms with Gasteiger partial charge in [0.2, 0.25) is 0 Å². The molecule has 0 aromatic heterocycles. The van der Waals surface area contributed by atoms with E-state index < -0.39 is 0 Å². The molecule has 17 heavy (non-hydrogen) atoms. The maximum atomic E-state index is 5.85. The average Bonchev–Trinajstić information content (AvgIpc) is 2.35. The van der Waals surface area contributed by atoms with Crippen LogP contribution in [0.1, 0.15) is 43.2 Å². The van der Waals surface area contributed by atoms with Gasteiger partial charge in [-0.15, -0.1) is 0 Å². The zero-order chi connectivity index (χ0) is 12.8. The smallest absolute Gasteiger partial charge is 0.00886 e. The van der Waals surface area contributed by atoms with Gasteiger partial charge in [-0.1, -0.05) is 38.1 Å². The van der Waals surface area contributed by atoms with Crippen LogP contribution in [0.3, 0.4) is 0 Å². The Hall–Kier alpha value is -0.860. The van der Waals surface area contributed by atoms with Crippen LogP contribution in [0, 0.1) is 0 Å². The first kappa shape index (κ1) is 14.2. The van der Waals surface area contributed by atoms with E-state index in [4.69, 9.17) is 5.73 Å². The number of rotatable bonds is 6. The number of likely N-dealkylation sites (N-methyl/N-ethyl adjacent to an activating group) is 1. The molecule has 0 radical (unpaired) electrons. The van der Waals surface area contributed by atoms with Crippen molar-refractivity contribution in [3.8, 4) is 0 Å². The van der Waals surface area contributed by atoms with Crippen molar-refractivity contribution in [3.63, 3.8) is 0 Å². The molecule has 1 aromatic rings. The van der Waals surface area contributed by atoms with Crippen molar-refractivity contribution in [1.29, 1.82) is 0 Å². The van der Waals surface area contributed by atoms with Gasteiger partial charge in [0.25, 0.3) is 0 Å². The van der Waals surface area contributed by atoms with Crippen LogP contribution in [0.25, 0.3) is 0 Å². The summed E-state index contributed by atoms with van der Waals surface area (Å²) in [7, 11) is 4.19. The molecular weight excluding hydrogens is 208 g/mol. The summed E-state index contributed by atoms with van der Waals surface area (Å²) < 4.78 is 0. The zero-order valence-electron chi connectivity index (χ0n) is 11.6. The molecule has 0 amide bonds. The topological polar surface area (TPSA) is 29.3 Å². The van der Waals surface area contributed by atoms with Gasteiger partial charge in [0, 0.05) is 19.0 Å². The SMILES string of the molecule is CCC(C)c1ccc(C(CN)CN(C)C)cc1. The van der Waals surface area contributed by atoms with Crippen LogP contribution in [-0.4, -0.2) is 32.1 Å². The fraction of sp³-hybridized carbons (Fsp3) is 0.600. The third-order valence-electron chi connectivity index (χ3n) is 3.46. The van der Waals surface area contributed by atoms with Crippen molar-refractivity contribution in [2.45, 2.75) is 32.1 Å². The number of hydrogen-bond acceptors (Lipinski definition) is 2. The number of nitrogens with two attached hydrogens (primary N) is 1. The first-order valence-corrected chi connectivity index (χ1v) is 6.53. The Kier molecular flexibility index (Phi) is 5.66. The number of benzene rings is 1. The van der Waals surface area contributed by atoms with Gasteiger partial charge >= 0.3 is 0 Å². The molecule has 0 aliphatic rings. The minimum atomic E-state index is 0.441. The molecule has 0 fully saturated rings. The average molecular weight is 234 g/mol. The van der Waals surface area contributed by atoms with Gasteiger partial charge in [0.1, 0.15) is 0 Å². The maximum Gasteiger partial charge on any atom is 0.00886 e. The molecule has 0 heterocycles. The Labute approximate surface area is 106 Å². The molecule has 0 bridgehead atoms. The van der Waals surface area contributed by atoms with Crippen LogP contribution in [0.2, 0.25) is 0 Å². The third kappa shape index (κ3) is 4.14. The molecule has 2 heteroatoms. The van der Waals surface area contributed by atoms with Crippen molar-refractivity contribution in [2.75, 3.05) is 27.2 Å². The second kappa shape index (κ2) is 6.77. The Morgan fingerprint density at radius 3 is 2.06 bits per heavy atom. The van der Waals surface area contributed by atoms with Gasteiger partial charge < -0.3 is 10.6 Å². The predicted molar refractivity (Wildman–Crippen MR) is 75.5 cm³/mol. The summed E-state index contributed by atoms with van der Waals surface area (Å²) in [6.45, 7) is 6.22. The molecule has 96 valence electrons. The summed E-state index contributed by atoms with van der Waals surface area (Å²) in [6, 6.07) is 8.98. The Morgan fingerprint density at radius 1 is 1.12 bits per heavy atom. The van der Waals surface area contributed by atoms with E-state index in [9.17, 15) is 0 Å². The van der Waals surface area contributed by atoms with Crippen molar-refractivity contribution >= 4 is 0 Å². The van der Waals surface area contributed by atoms with E-state index >= 15 is 0 Å². The van der Waals surface area contributed by atoms with Crippen LogP contribution < -0.4 is 5.73 Å². The lowest BCUT2D eigenvalue weighted by Gasteiger charge is -2.20. The first-order valence-electron chi connectivity index (χ1n) is 6.53. The molecule has 0 spiro atoms. The van der Waals surface area contributed by atoms with Crippen molar-refractivity contribution < 1.29 is 0 Å². The number of hydrogen-bond donors (Lipinski definition) is 1. The normalized spacial score (nSPS) is 14.9. The minimum Gasteiger partial charge on any atom is -0.330 e. The molecule has 1 aromatic carbocycles. The lowest BCUT2D eigenvalue weighted by Crippen LogP contribution is -2.25. The van der Waals surface area contributed by atoms with E-state index in [2.05, 4.69) is 57.1 Å². The summed E-state index contributed by atoms with van der Waals surface area (Å²) in [5.74, 6) is 1.09. The lowest BCUT2D eigenvalue weighted by atomic mass is 9.93. The Balaban J connectivity index is 2.77. The summed E-state index contributed by atoms with van der Waals surface area (Å²) in [4.78, 5) is 2.19. The third-order valence-corrected chi connectivity index (χ3v) is 3.46. The van der Waals surface area contributed by atoms with E-state index in [0.717, 1.165) is 6.54 Å². The molecule has 0 aliphatic heterocycles. The minimum absolute atomic E-state index is 0.441. The second-order valence-corrected chi connectivity index (χ2v) is 5.17. The van der Waals surface area contributed by atoms with Crippen molar-refractivity contribution in [2.24, 2.45) is 5.73 Å². The highest BCUT2D eigenvalue weighted by atomic mass is 15.1. The van der Waals surface area contributed by atoms with Crippen LogP contribution in [0.15, 0.2) is 24.3 Å². The van der Waals surface area contributed by atoms with Crippen molar-refractivity contribution in [1.82, 2.24) is 4.90 Å². The first-order chi connectivity index (χ1) is 8.08. The van der Waals surface area contributed by atoms with Crippen molar-refractivity contribution in [3.05, 3.63) is 35.4 Å². The predicted octanol–water partition coefficient (Wildman–Crippen LogP) is 2.80. The molecule has 2 unspecified atom stereocenters. The monoisotopic (exact) mass is 234 g/mol. The molecule has 2 nitrogen and oxygen atoms in total. The summed E-state index contributed by atoms with van der Waals surface area (Å²) in [6.07, 6.45) is 1.19. The standard InChI is InChI=1S/C15H26N2/c1-5-12(2)13-6-8-14(9-7-13)15(10-16)11-17(3)4/h6-9,12,15H,5,10-11,16H2,1-4H3. The molecule has 0 saturated heterocycles. The summed E-state index contributed by atoms with van der Waals surface area (Å²) in [5.41, 5.74) is 8.63. The lowest BCUT2D eigenvalue weighted by molar-refractivity contribution is 0.375. The molecular formula is C15H26N2. The molecule has 0 saturated carbocycles. The quantitative estimate of drug-likeness (QED) is 0.820. The van der Waals surface area contributed by atoms with E-state index in [-0.39, 0.29) is 0 Å². The van der Waals surface area contributed by atoms with Crippen LogP contribution >= 0.6 is 0 Å². The summed E-state index contributed by atoms with van der Waals surface area (Å²) in [5, 5.41) is 0. The van der Waals surface area contributed by atoms with E-state index in [0.29, 0.717) is 18.4 Å². The van der Waals surface area contributed by atoms with Crippen LogP contribution in [-0.2, 0) is 0 Å².